The molecule has 21 heavy (non-hydrogen) atoms. The number of hydrogen-bond donors (Lipinski definition) is 1. The smallest absolute Gasteiger partial charge is 0.177 e. The molecule has 1 aromatic carbocycles. The highest BCUT2D eigenvalue weighted by molar-refractivity contribution is 7.98. The third-order valence-electron chi connectivity index (χ3n) is 2.65. The minimum absolute atomic E-state index is 0.0496. The first-order valence-corrected chi connectivity index (χ1v) is 7.87. The summed E-state index contributed by atoms with van der Waals surface area (Å²) in [4.78, 5) is 0. The van der Waals surface area contributed by atoms with Crippen molar-refractivity contribution < 1.29 is 9.84 Å². The first-order chi connectivity index (χ1) is 10.2. The van der Waals surface area contributed by atoms with Gasteiger partial charge in [0.2, 0.25) is 0 Å². The Labute approximate surface area is 130 Å². The van der Waals surface area contributed by atoms with E-state index in [1.54, 1.807) is 18.2 Å². The van der Waals surface area contributed by atoms with Crippen molar-refractivity contribution in [1.82, 2.24) is 4.37 Å². The van der Waals surface area contributed by atoms with E-state index in [0.717, 1.165) is 11.5 Å². The van der Waals surface area contributed by atoms with Gasteiger partial charge in [0, 0.05) is 5.56 Å². The quantitative estimate of drug-likeness (QED) is 0.669. The molecule has 0 amide bonds. The van der Waals surface area contributed by atoms with Crippen LogP contribution in [0.1, 0.15) is 11.1 Å². The van der Waals surface area contributed by atoms with Gasteiger partial charge in [-0.2, -0.15) is 14.7 Å². The Morgan fingerprint density at radius 1 is 1.52 bits per heavy atom. The molecular formula is C13H12N4O2S2. The Bertz CT molecular complexity index is 707. The van der Waals surface area contributed by atoms with Gasteiger partial charge in [0.25, 0.3) is 0 Å². The maximum absolute atomic E-state index is 9.94. The number of phenols is 1. The van der Waals surface area contributed by atoms with Crippen LogP contribution >= 0.6 is 23.3 Å². The molecular weight excluding hydrogens is 308 g/mol. The Balaban J connectivity index is 2.17. The summed E-state index contributed by atoms with van der Waals surface area (Å²) in [5, 5.41) is 28.2. The van der Waals surface area contributed by atoms with E-state index in [-0.39, 0.29) is 12.3 Å². The number of azo groups is 1. The van der Waals surface area contributed by atoms with E-state index in [4.69, 9.17) is 10.00 Å². The van der Waals surface area contributed by atoms with Crippen LogP contribution in [-0.2, 0) is 6.54 Å². The Hall–Kier alpha value is -2.11. The van der Waals surface area contributed by atoms with Crippen LogP contribution in [0.25, 0.3) is 0 Å². The molecule has 0 fully saturated rings. The number of nitriles is 1. The van der Waals surface area contributed by atoms with Crippen molar-refractivity contribution in [2.45, 2.75) is 11.6 Å². The van der Waals surface area contributed by atoms with Crippen LogP contribution in [0.4, 0.5) is 5.00 Å². The number of rotatable bonds is 5. The fraction of sp³-hybridized carbons (Fsp3) is 0.231. The topological polar surface area (TPSA) is 90.9 Å². The van der Waals surface area contributed by atoms with Crippen LogP contribution in [0.5, 0.6) is 11.5 Å². The maximum Gasteiger partial charge on any atom is 0.177 e. The van der Waals surface area contributed by atoms with Crippen LogP contribution < -0.4 is 4.74 Å². The molecule has 6 nitrogen and oxygen atoms in total. The van der Waals surface area contributed by atoms with Gasteiger partial charge in [0.05, 0.1) is 13.7 Å². The SMILES string of the molecule is COc1cccc(CN=Nc2snc(SC)c2C#N)c1O. The summed E-state index contributed by atoms with van der Waals surface area (Å²) in [5.41, 5.74) is 1.04. The summed E-state index contributed by atoms with van der Waals surface area (Å²) in [6.07, 6.45) is 1.85. The van der Waals surface area contributed by atoms with Gasteiger partial charge in [0.15, 0.2) is 16.5 Å². The molecule has 0 aliphatic carbocycles. The number of aromatic hydroxyl groups is 1. The van der Waals surface area contributed by atoms with Crippen LogP contribution in [0.2, 0.25) is 0 Å². The summed E-state index contributed by atoms with van der Waals surface area (Å²) >= 11 is 2.53. The highest BCUT2D eigenvalue weighted by Gasteiger charge is 2.12. The zero-order chi connectivity index (χ0) is 15.2. The van der Waals surface area contributed by atoms with E-state index in [9.17, 15) is 5.11 Å². The molecule has 0 saturated carbocycles. The highest BCUT2D eigenvalue weighted by Crippen LogP contribution is 2.33. The van der Waals surface area contributed by atoms with Gasteiger partial charge in [-0.25, -0.2) is 0 Å². The summed E-state index contributed by atoms with van der Waals surface area (Å²) in [5.74, 6) is 0.441. The molecule has 0 aliphatic heterocycles. The lowest BCUT2D eigenvalue weighted by Crippen LogP contribution is -1.88. The summed E-state index contributed by atoms with van der Waals surface area (Å²) < 4.78 is 9.16. The van der Waals surface area contributed by atoms with E-state index >= 15 is 0 Å². The second-order valence-electron chi connectivity index (χ2n) is 3.85. The lowest BCUT2D eigenvalue weighted by atomic mass is 10.2. The number of aromatic nitrogens is 1. The molecule has 108 valence electrons. The number of nitrogens with zero attached hydrogens (tertiary/aromatic N) is 4. The van der Waals surface area contributed by atoms with Crippen LogP contribution in [0, 0.1) is 11.3 Å². The van der Waals surface area contributed by atoms with Crippen LogP contribution in [-0.4, -0.2) is 22.8 Å². The molecule has 0 saturated heterocycles. The molecule has 8 heteroatoms. The minimum Gasteiger partial charge on any atom is -0.504 e. The summed E-state index contributed by atoms with van der Waals surface area (Å²) in [6.45, 7) is 0.195. The normalized spacial score (nSPS) is 10.7. The Kier molecular flexibility index (Phi) is 5.14. The lowest BCUT2D eigenvalue weighted by molar-refractivity contribution is 0.370. The highest BCUT2D eigenvalue weighted by atomic mass is 32.2. The zero-order valence-corrected chi connectivity index (χ0v) is 13.0. The van der Waals surface area contributed by atoms with Gasteiger partial charge in [0.1, 0.15) is 16.7 Å². The van der Waals surface area contributed by atoms with Gasteiger partial charge in [-0.3, -0.25) is 0 Å². The molecule has 1 aromatic heterocycles. The fourth-order valence-electron chi connectivity index (χ4n) is 1.61. The predicted molar refractivity (Wildman–Crippen MR) is 81.5 cm³/mol. The molecule has 1 heterocycles. The van der Waals surface area contributed by atoms with Crippen molar-refractivity contribution in [3.8, 4) is 17.6 Å². The monoisotopic (exact) mass is 320 g/mol. The van der Waals surface area contributed by atoms with Crippen molar-refractivity contribution in [3.63, 3.8) is 0 Å². The van der Waals surface area contributed by atoms with Gasteiger partial charge < -0.3 is 9.84 Å². The van der Waals surface area contributed by atoms with E-state index in [2.05, 4.69) is 20.7 Å². The molecule has 0 spiro atoms. The van der Waals surface area contributed by atoms with E-state index < -0.39 is 0 Å². The molecule has 0 atom stereocenters. The number of para-hydroxylation sites is 1. The van der Waals surface area contributed by atoms with Gasteiger partial charge in [-0.05, 0) is 23.9 Å². The average Bonchev–Trinajstić information content (AvgIpc) is 2.91. The summed E-state index contributed by atoms with van der Waals surface area (Å²) in [7, 11) is 1.49. The van der Waals surface area contributed by atoms with Crippen molar-refractivity contribution in [2.24, 2.45) is 10.2 Å². The third kappa shape index (κ3) is 3.32. The molecule has 1 N–H and O–H groups in total. The number of hydrogen-bond acceptors (Lipinski definition) is 8. The third-order valence-corrected chi connectivity index (χ3v) is 4.18. The largest absolute Gasteiger partial charge is 0.504 e. The zero-order valence-electron chi connectivity index (χ0n) is 11.4. The lowest BCUT2D eigenvalue weighted by Gasteiger charge is -2.05. The molecule has 0 bridgehead atoms. The Morgan fingerprint density at radius 3 is 3.00 bits per heavy atom. The van der Waals surface area contributed by atoms with Gasteiger partial charge in [-0.1, -0.05) is 12.1 Å². The molecule has 0 radical (unpaired) electrons. The second-order valence-corrected chi connectivity index (χ2v) is 5.40. The van der Waals surface area contributed by atoms with Crippen LogP contribution in [0.3, 0.4) is 0 Å². The molecule has 0 aliphatic rings. The molecule has 2 aromatic rings. The number of phenolic OH excluding ortho intramolecular Hbond substituents is 1. The fourth-order valence-corrected chi connectivity index (χ4v) is 3.02. The van der Waals surface area contributed by atoms with Crippen molar-refractivity contribution in [2.75, 3.05) is 13.4 Å². The minimum atomic E-state index is 0.0496. The van der Waals surface area contributed by atoms with Crippen LogP contribution in [0.15, 0.2) is 33.5 Å². The van der Waals surface area contributed by atoms with Crippen molar-refractivity contribution in [1.29, 1.82) is 5.26 Å². The number of ether oxygens (including phenoxy) is 1. The number of benzene rings is 1. The van der Waals surface area contributed by atoms with E-state index in [1.807, 2.05) is 6.26 Å². The molecule has 0 unspecified atom stereocenters. The van der Waals surface area contributed by atoms with Gasteiger partial charge in [-0.15, -0.1) is 16.9 Å². The number of methoxy groups -OCH3 is 1. The van der Waals surface area contributed by atoms with E-state index in [0.29, 0.717) is 26.9 Å². The Morgan fingerprint density at radius 2 is 2.33 bits per heavy atom. The summed E-state index contributed by atoms with van der Waals surface area (Å²) in [6, 6.07) is 7.25. The van der Waals surface area contributed by atoms with Crippen molar-refractivity contribution >= 4 is 28.3 Å². The second kappa shape index (κ2) is 7.06. The van der Waals surface area contributed by atoms with E-state index in [1.165, 1.54) is 18.9 Å². The number of thioether (sulfide) groups is 1. The first kappa shape index (κ1) is 15.3. The first-order valence-electron chi connectivity index (χ1n) is 5.87. The maximum atomic E-state index is 9.94. The average molecular weight is 320 g/mol. The van der Waals surface area contributed by atoms with Gasteiger partial charge >= 0.3 is 0 Å². The standard InChI is InChI=1S/C13H12N4O2S2/c1-19-10-5-3-4-8(11(10)18)7-15-16-12-9(6-14)13(20-2)17-21-12/h3-5,18H,7H2,1-2H3. The molecule has 2 rings (SSSR count). The van der Waals surface area contributed by atoms with Crippen molar-refractivity contribution in [3.05, 3.63) is 29.3 Å². The predicted octanol–water partition coefficient (Wildman–Crippen LogP) is 3.73.